The Hall–Kier alpha value is -2.35. The highest BCUT2D eigenvalue weighted by Crippen LogP contribution is 2.15. The average molecular weight is 394 g/mol. The van der Waals surface area contributed by atoms with Crippen LogP contribution in [0.2, 0.25) is 0 Å². The molecule has 1 fully saturated rings. The van der Waals surface area contributed by atoms with Gasteiger partial charge in [0.15, 0.2) is 5.96 Å². The van der Waals surface area contributed by atoms with Crippen LogP contribution in [0.15, 0.2) is 23.2 Å². The number of hydrogen-bond donors (Lipinski definition) is 2. The van der Waals surface area contributed by atoms with Crippen LogP contribution in [-0.4, -0.2) is 67.7 Å². The Morgan fingerprint density at radius 3 is 2.61 bits per heavy atom. The third-order valence-electron chi connectivity index (χ3n) is 4.15. The standard InChI is InChI=1S/C20H32FN5O2/c1-20(2,3)28-19(27)26-12-16(13-26)24-18(22-4)23-10-14-7-8-17(21)15(9-14)11-25(5)6/h7-9,16H,10-13H2,1-6H3,(H2,22,23,24). The smallest absolute Gasteiger partial charge is 0.410 e. The molecular weight excluding hydrogens is 361 g/mol. The molecule has 2 N–H and O–H groups in total. The van der Waals surface area contributed by atoms with Crippen LogP contribution in [0.4, 0.5) is 9.18 Å². The van der Waals surface area contributed by atoms with Crippen LogP contribution >= 0.6 is 0 Å². The van der Waals surface area contributed by atoms with Gasteiger partial charge < -0.3 is 25.2 Å². The molecule has 0 radical (unpaired) electrons. The summed E-state index contributed by atoms with van der Waals surface area (Å²) in [6, 6.07) is 5.25. The molecule has 7 nitrogen and oxygen atoms in total. The summed E-state index contributed by atoms with van der Waals surface area (Å²) in [5, 5.41) is 6.52. The summed E-state index contributed by atoms with van der Waals surface area (Å²) < 4.78 is 19.3. The molecule has 2 rings (SSSR count). The Labute approximate surface area is 166 Å². The van der Waals surface area contributed by atoms with Gasteiger partial charge in [0, 0.05) is 38.8 Å². The van der Waals surface area contributed by atoms with Crippen molar-refractivity contribution in [2.24, 2.45) is 4.99 Å². The fourth-order valence-electron chi connectivity index (χ4n) is 2.82. The first-order chi connectivity index (χ1) is 13.1. The molecule has 1 aliphatic rings. The van der Waals surface area contributed by atoms with Gasteiger partial charge in [-0.15, -0.1) is 0 Å². The van der Waals surface area contributed by atoms with Crippen LogP contribution in [0.25, 0.3) is 0 Å². The fourth-order valence-corrected chi connectivity index (χ4v) is 2.82. The molecular formula is C20H32FN5O2. The third-order valence-corrected chi connectivity index (χ3v) is 4.15. The zero-order chi connectivity index (χ0) is 20.9. The van der Waals surface area contributed by atoms with E-state index in [2.05, 4.69) is 15.6 Å². The van der Waals surface area contributed by atoms with E-state index in [4.69, 9.17) is 4.74 Å². The van der Waals surface area contributed by atoms with Crippen molar-refractivity contribution in [2.75, 3.05) is 34.2 Å². The molecule has 0 atom stereocenters. The molecule has 0 saturated carbocycles. The lowest BCUT2D eigenvalue weighted by Gasteiger charge is -2.40. The van der Waals surface area contributed by atoms with E-state index in [0.29, 0.717) is 37.7 Å². The summed E-state index contributed by atoms with van der Waals surface area (Å²) in [6.45, 7) is 7.78. The molecule has 1 aromatic rings. The number of carbonyl (C=O) groups excluding carboxylic acids is 1. The van der Waals surface area contributed by atoms with Gasteiger partial charge in [-0.25, -0.2) is 9.18 Å². The van der Waals surface area contributed by atoms with E-state index >= 15 is 0 Å². The minimum absolute atomic E-state index is 0.122. The summed E-state index contributed by atoms with van der Waals surface area (Å²) in [5.41, 5.74) is 1.15. The van der Waals surface area contributed by atoms with Gasteiger partial charge in [0.25, 0.3) is 0 Å². The van der Waals surface area contributed by atoms with Gasteiger partial charge in [0.2, 0.25) is 0 Å². The van der Waals surface area contributed by atoms with Crippen LogP contribution in [-0.2, 0) is 17.8 Å². The number of amides is 1. The third kappa shape index (κ3) is 6.67. The van der Waals surface area contributed by atoms with E-state index in [-0.39, 0.29) is 18.0 Å². The quantitative estimate of drug-likeness (QED) is 0.593. The minimum atomic E-state index is -0.492. The molecule has 0 unspecified atom stereocenters. The SMILES string of the molecule is CN=C(NCc1ccc(F)c(CN(C)C)c1)NC1CN(C(=O)OC(C)(C)C)C1. The highest BCUT2D eigenvalue weighted by atomic mass is 19.1. The number of ether oxygens (including phenoxy) is 1. The van der Waals surface area contributed by atoms with Crippen LogP contribution in [0, 0.1) is 5.82 Å². The molecule has 1 saturated heterocycles. The maximum Gasteiger partial charge on any atom is 0.410 e. The first kappa shape index (κ1) is 21.9. The topological polar surface area (TPSA) is 69.2 Å². The molecule has 0 spiro atoms. The van der Waals surface area contributed by atoms with Crippen molar-refractivity contribution in [3.8, 4) is 0 Å². The summed E-state index contributed by atoms with van der Waals surface area (Å²) in [4.78, 5) is 19.8. The average Bonchev–Trinajstić information content (AvgIpc) is 2.53. The summed E-state index contributed by atoms with van der Waals surface area (Å²) >= 11 is 0. The first-order valence-corrected chi connectivity index (χ1v) is 9.44. The largest absolute Gasteiger partial charge is 0.444 e. The Bertz CT molecular complexity index is 709. The van der Waals surface area contributed by atoms with E-state index < -0.39 is 5.60 Å². The van der Waals surface area contributed by atoms with Gasteiger partial charge in [-0.05, 0) is 52.6 Å². The van der Waals surface area contributed by atoms with Crippen molar-refractivity contribution in [3.63, 3.8) is 0 Å². The second-order valence-corrected chi connectivity index (χ2v) is 8.32. The van der Waals surface area contributed by atoms with E-state index in [1.54, 1.807) is 18.0 Å². The van der Waals surface area contributed by atoms with Gasteiger partial charge in [-0.3, -0.25) is 4.99 Å². The van der Waals surface area contributed by atoms with Gasteiger partial charge in [-0.2, -0.15) is 0 Å². The first-order valence-electron chi connectivity index (χ1n) is 9.44. The fraction of sp³-hybridized carbons (Fsp3) is 0.600. The molecule has 0 aromatic heterocycles. The van der Waals surface area contributed by atoms with E-state index in [1.165, 1.54) is 6.07 Å². The number of carbonyl (C=O) groups is 1. The number of hydrogen-bond acceptors (Lipinski definition) is 4. The molecule has 8 heteroatoms. The summed E-state index contributed by atoms with van der Waals surface area (Å²) in [7, 11) is 5.52. The Morgan fingerprint density at radius 2 is 2.04 bits per heavy atom. The second-order valence-electron chi connectivity index (χ2n) is 8.32. The Morgan fingerprint density at radius 1 is 1.36 bits per heavy atom. The maximum absolute atomic E-state index is 13.9. The number of benzene rings is 1. The van der Waals surface area contributed by atoms with E-state index in [1.807, 2.05) is 45.8 Å². The van der Waals surface area contributed by atoms with Gasteiger partial charge in [0.1, 0.15) is 11.4 Å². The lowest BCUT2D eigenvalue weighted by molar-refractivity contribution is 0.00701. The van der Waals surface area contributed by atoms with E-state index in [0.717, 1.165) is 5.56 Å². The number of guanidine groups is 1. The monoisotopic (exact) mass is 393 g/mol. The van der Waals surface area contributed by atoms with Crippen molar-refractivity contribution in [3.05, 3.63) is 35.1 Å². The maximum atomic E-state index is 13.9. The summed E-state index contributed by atoms with van der Waals surface area (Å²) in [6.07, 6.45) is -0.298. The second kappa shape index (κ2) is 9.23. The van der Waals surface area contributed by atoms with Crippen LogP contribution in [0.3, 0.4) is 0 Å². The predicted molar refractivity (Wildman–Crippen MR) is 109 cm³/mol. The molecule has 1 heterocycles. The molecule has 1 amide bonds. The van der Waals surface area contributed by atoms with Gasteiger partial charge in [0.05, 0.1) is 6.04 Å². The predicted octanol–water partition coefficient (Wildman–Crippen LogP) is 2.17. The lowest BCUT2D eigenvalue weighted by atomic mass is 10.1. The van der Waals surface area contributed by atoms with Crippen LogP contribution in [0.1, 0.15) is 31.9 Å². The zero-order valence-corrected chi connectivity index (χ0v) is 17.7. The molecule has 0 aliphatic carbocycles. The van der Waals surface area contributed by atoms with Gasteiger partial charge in [-0.1, -0.05) is 6.07 Å². The number of nitrogens with zero attached hydrogens (tertiary/aromatic N) is 3. The van der Waals surface area contributed by atoms with Gasteiger partial charge >= 0.3 is 6.09 Å². The van der Waals surface area contributed by atoms with Crippen molar-refractivity contribution >= 4 is 12.1 Å². The molecule has 1 aromatic carbocycles. The molecule has 0 bridgehead atoms. The highest BCUT2D eigenvalue weighted by Gasteiger charge is 2.34. The van der Waals surface area contributed by atoms with Crippen molar-refractivity contribution in [2.45, 2.75) is 45.5 Å². The van der Waals surface area contributed by atoms with Crippen molar-refractivity contribution in [1.82, 2.24) is 20.4 Å². The van der Waals surface area contributed by atoms with E-state index in [9.17, 15) is 9.18 Å². The number of halogens is 1. The number of likely N-dealkylation sites (tertiary alicyclic amines) is 1. The lowest BCUT2D eigenvalue weighted by Crippen LogP contribution is -2.63. The Kier molecular flexibility index (Phi) is 7.23. The van der Waals surface area contributed by atoms with Crippen LogP contribution < -0.4 is 10.6 Å². The molecule has 28 heavy (non-hydrogen) atoms. The number of rotatable bonds is 5. The number of nitrogens with one attached hydrogen (secondary N) is 2. The molecule has 156 valence electrons. The highest BCUT2D eigenvalue weighted by molar-refractivity contribution is 5.80. The van der Waals surface area contributed by atoms with Crippen molar-refractivity contribution < 1.29 is 13.9 Å². The zero-order valence-electron chi connectivity index (χ0n) is 17.7. The normalized spacial score (nSPS) is 15.4. The summed E-state index contributed by atoms with van der Waals surface area (Å²) in [5.74, 6) is 0.448. The van der Waals surface area contributed by atoms with Crippen molar-refractivity contribution in [1.29, 1.82) is 0 Å². The van der Waals surface area contributed by atoms with Crippen LogP contribution in [0.5, 0.6) is 0 Å². The number of aliphatic imine (C=N–C) groups is 1. The molecule has 1 aliphatic heterocycles. The Balaban J connectivity index is 1.81. The minimum Gasteiger partial charge on any atom is -0.444 e.